The normalized spacial score (nSPS) is 10.7. The third-order valence-electron chi connectivity index (χ3n) is 3.90. The van der Waals surface area contributed by atoms with E-state index in [1.165, 1.54) is 5.56 Å². The van der Waals surface area contributed by atoms with Gasteiger partial charge in [0, 0.05) is 17.7 Å². The van der Waals surface area contributed by atoms with E-state index in [1.807, 2.05) is 50.2 Å². The molecule has 0 bridgehead atoms. The number of hydrogen-bond acceptors (Lipinski definition) is 4. The van der Waals surface area contributed by atoms with E-state index in [0.29, 0.717) is 17.1 Å². The Morgan fingerprint density at radius 3 is 2.52 bits per heavy atom. The summed E-state index contributed by atoms with van der Waals surface area (Å²) in [7, 11) is 1.59. The van der Waals surface area contributed by atoms with Gasteiger partial charge in [-0.2, -0.15) is 0 Å². The second-order valence-electron chi connectivity index (χ2n) is 5.48. The predicted molar refractivity (Wildman–Crippen MR) is 89.7 cm³/mol. The Kier molecular flexibility index (Phi) is 4.06. The molecule has 1 N–H and O–H groups in total. The number of rotatable bonds is 4. The summed E-state index contributed by atoms with van der Waals surface area (Å²) in [5.41, 5.74) is 4.54. The van der Waals surface area contributed by atoms with Crippen LogP contribution in [0.4, 0.5) is 0 Å². The van der Waals surface area contributed by atoms with Crippen molar-refractivity contribution in [3.63, 3.8) is 0 Å². The molecule has 0 amide bonds. The summed E-state index contributed by atoms with van der Waals surface area (Å²) >= 11 is 0. The fourth-order valence-electron chi connectivity index (χ4n) is 2.54. The van der Waals surface area contributed by atoms with Crippen LogP contribution in [-0.4, -0.2) is 17.4 Å². The minimum absolute atomic E-state index is 0.116. The van der Waals surface area contributed by atoms with Crippen LogP contribution >= 0.6 is 0 Å². The maximum Gasteiger partial charge on any atom is 0.171 e. The molecule has 0 aliphatic rings. The van der Waals surface area contributed by atoms with E-state index in [4.69, 9.17) is 9.26 Å². The largest absolute Gasteiger partial charge is 0.507 e. The highest BCUT2D eigenvalue weighted by Crippen LogP contribution is 2.37. The Labute approximate surface area is 135 Å². The molecule has 2 aromatic carbocycles. The molecule has 0 spiro atoms. The highest BCUT2D eigenvalue weighted by atomic mass is 16.5. The van der Waals surface area contributed by atoms with Gasteiger partial charge in [-0.15, -0.1) is 0 Å². The molecule has 0 atom stereocenters. The maximum atomic E-state index is 10.2. The van der Waals surface area contributed by atoms with Gasteiger partial charge in [-0.3, -0.25) is 0 Å². The second-order valence-corrected chi connectivity index (χ2v) is 5.48. The van der Waals surface area contributed by atoms with E-state index in [2.05, 4.69) is 5.16 Å². The summed E-state index contributed by atoms with van der Waals surface area (Å²) in [5.74, 6) is 1.33. The molecule has 0 unspecified atom stereocenters. The third kappa shape index (κ3) is 2.93. The van der Waals surface area contributed by atoms with Gasteiger partial charge in [0.05, 0.1) is 12.7 Å². The molecule has 0 aliphatic heterocycles. The van der Waals surface area contributed by atoms with Gasteiger partial charge in [0.1, 0.15) is 17.2 Å². The molecule has 118 valence electrons. The molecule has 23 heavy (non-hydrogen) atoms. The molecule has 1 heterocycles. The van der Waals surface area contributed by atoms with E-state index in [0.717, 1.165) is 23.2 Å². The molecule has 0 saturated carbocycles. The van der Waals surface area contributed by atoms with Gasteiger partial charge in [0.2, 0.25) is 0 Å². The second kappa shape index (κ2) is 6.16. The van der Waals surface area contributed by atoms with Crippen LogP contribution in [0.3, 0.4) is 0 Å². The summed E-state index contributed by atoms with van der Waals surface area (Å²) in [6.07, 6.45) is 0.801. The number of phenols is 1. The van der Waals surface area contributed by atoms with Crippen molar-refractivity contribution in [1.29, 1.82) is 0 Å². The van der Waals surface area contributed by atoms with E-state index in [-0.39, 0.29) is 5.75 Å². The number of aryl methyl sites for hydroxylation is 2. The quantitative estimate of drug-likeness (QED) is 0.765. The Morgan fingerprint density at radius 1 is 1.13 bits per heavy atom. The van der Waals surface area contributed by atoms with Crippen molar-refractivity contribution in [3.8, 4) is 34.1 Å². The Balaban J connectivity index is 2.01. The zero-order chi connectivity index (χ0) is 16.4. The minimum Gasteiger partial charge on any atom is -0.507 e. The summed E-state index contributed by atoms with van der Waals surface area (Å²) in [6, 6.07) is 13.4. The van der Waals surface area contributed by atoms with E-state index < -0.39 is 0 Å². The van der Waals surface area contributed by atoms with Crippen LogP contribution in [0, 0.1) is 6.92 Å². The molecule has 3 rings (SSSR count). The van der Waals surface area contributed by atoms with Crippen LogP contribution in [0.15, 0.2) is 47.0 Å². The van der Waals surface area contributed by atoms with Crippen molar-refractivity contribution in [2.24, 2.45) is 0 Å². The lowest BCUT2D eigenvalue weighted by molar-refractivity contribution is 0.401. The van der Waals surface area contributed by atoms with Crippen LogP contribution in [0.1, 0.15) is 18.1 Å². The average Bonchev–Trinajstić information content (AvgIpc) is 3.04. The molecule has 0 fully saturated rings. The van der Waals surface area contributed by atoms with Crippen LogP contribution < -0.4 is 4.74 Å². The monoisotopic (exact) mass is 309 g/mol. The number of aromatic hydroxyl groups is 1. The first-order chi connectivity index (χ1) is 11.1. The number of hydrogen-bond donors (Lipinski definition) is 1. The lowest BCUT2D eigenvalue weighted by Gasteiger charge is -2.09. The van der Waals surface area contributed by atoms with Crippen LogP contribution in [0.2, 0.25) is 0 Å². The summed E-state index contributed by atoms with van der Waals surface area (Å²) < 4.78 is 10.7. The fourth-order valence-corrected chi connectivity index (χ4v) is 2.54. The molecule has 0 saturated heterocycles. The van der Waals surface area contributed by atoms with Crippen molar-refractivity contribution < 1.29 is 14.4 Å². The highest BCUT2D eigenvalue weighted by Gasteiger charge is 2.15. The number of ether oxygens (including phenoxy) is 1. The van der Waals surface area contributed by atoms with Gasteiger partial charge in [-0.25, -0.2) is 0 Å². The standard InChI is InChI=1S/C19H19NO3/c1-4-13-9-15(17(21)11-18(13)22-3)19-10-16(20-23-19)14-7-5-12(2)6-8-14/h5-11,21H,4H2,1-3H3. The Morgan fingerprint density at radius 2 is 1.87 bits per heavy atom. The smallest absolute Gasteiger partial charge is 0.171 e. The first-order valence-electron chi connectivity index (χ1n) is 7.56. The Hall–Kier alpha value is -2.75. The number of aromatic nitrogens is 1. The predicted octanol–water partition coefficient (Wildman–Crippen LogP) is 4.59. The summed E-state index contributed by atoms with van der Waals surface area (Å²) in [6.45, 7) is 4.08. The van der Waals surface area contributed by atoms with E-state index in [9.17, 15) is 5.11 Å². The number of nitrogens with zero attached hydrogens (tertiary/aromatic N) is 1. The molecule has 4 heteroatoms. The van der Waals surface area contributed by atoms with Gasteiger partial charge in [-0.1, -0.05) is 41.9 Å². The van der Waals surface area contributed by atoms with Gasteiger partial charge in [-0.05, 0) is 25.0 Å². The van der Waals surface area contributed by atoms with Gasteiger partial charge >= 0.3 is 0 Å². The number of benzene rings is 2. The van der Waals surface area contributed by atoms with Crippen molar-refractivity contribution in [3.05, 3.63) is 53.6 Å². The number of methoxy groups -OCH3 is 1. The van der Waals surface area contributed by atoms with Crippen molar-refractivity contribution in [1.82, 2.24) is 5.16 Å². The highest BCUT2D eigenvalue weighted by molar-refractivity contribution is 5.72. The average molecular weight is 309 g/mol. The zero-order valence-electron chi connectivity index (χ0n) is 13.5. The molecule has 0 radical (unpaired) electrons. The van der Waals surface area contributed by atoms with Gasteiger partial charge in [0.15, 0.2) is 5.76 Å². The van der Waals surface area contributed by atoms with Crippen molar-refractivity contribution in [2.75, 3.05) is 7.11 Å². The third-order valence-corrected chi connectivity index (χ3v) is 3.90. The lowest BCUT2D eigenvalue weighted by Crippen LogP contribution is -1.91. The summed E-state index contributed by atoms with van der Waals surface area (Å²) in [4.78, 5) is 0. The van der Waals surface area contributed by atoms with E-state index in [1.54, 1.807) is 13.2 Å². The van der Waals surface area contributed by atoms with Crippen molar-refractivity contribution >= 4 is 0 Å². The first kappa shape index (κ1) is 15.2. The first-order valence-corrected chi connectivity index (χ1v) is 7.56. The van der Waals surface area contributed by atoms with Crippen LogP contribution in [-0.2, 0) is 6.42 Å². The van der Waals surface area contributed by atoms with Gasteiger partial charge < -0.3 is 14.4 Å². The molecule has 0 aliphatic carbocycles. The molecular weight excluding hydrogens is 290 g/mol. The molecule has 3 aromatic rings. The SMILES string of the molecule is CCc1cc(-c2cc(-c3ccc(C)cc3)no2)c(O)cc1OC. The molecular formula is C19H19NO3. The van der Waals surface area contributed by atoms with Crippen molar-refractivity contribution in [2.45, 2.75) is 20.3 Å². The topological polar surface area (TPSA) is 55.5 Å². The van der Waals surface area contributed by atoms with Crippen LogP contribution in [0.25, 0.3) is 22.6 Å². The number of phenolic OH excluding ortho intramolecular Hbond substituents is 1. The van der Waals surface area contributed by atoms with Gasteiger partial charge in [0.25, 0.3) is 0 Å². The molecule has 1 aromatic heterocycles. The fraction of sp³-hybridized carbons (Fsp3) is 0.211. The van der Waals surface area contributed by atoms with E-state index >= 15 is 0 Å². The summed E-state index contributed by atoms with van der Waals surface area (Å²) in [5, 5.41) is 14.4. The zero-order valence-corrected chi connectivity index (χ0v) is 13.5. The lowest BCUT2D eigenvalue weighted by atomic mass is 10.0. The Bertz CT molecular complexity index is 819. The van der Waals surface area contributed by atoms with Crippen LogP contribution in [0.5, 0.6) is 11.5 Å². The maximum absolute atomic E-state index is 10.2. The minimum atomic E-state index is 0.116. The molecule has 4 nitrogen and oxygen atoms in total.